The lowest BCUT2D eigenvalue weighted by atomic mass is 9.95. The predicted octanol–water partition coefficient (Wildman–Crippen LogP) is 6.18. The molecule has 2 aromatic carbocycles. The van der Waals surface area contributed by atoms with Crippen molar-refractivity contribution in [1.82, 2.24) is 5.16 Å². The van der Waals surface area contributed by atoms with E-state index in [4.69, 9.17) is 44.1 Å². The summed E-state index contributed by atoms with van der Waals surface area (Å²) in [5, 5.41) is 7.47. The Morgan fingerprint density at radius 3 is 2.63 bits per heavy atom. The molecule has 0 radical (unpaired) electrons. The van der Waals surface area contributed by atoms with Crippen LogP contribution in [0.15, 0.2) is 53.1 Å². The van der Waals surface area contributed by atoms with Crippen LogP contribution in [0.25, 0.3) is 22.6 Å². The van der Waals surface area contributed by atoms with Crippen LogP contribution in [0.5, 0.6) is 0 Å². The quantitative estimate of drug-likeness (QED) is 0.287. The Bertz CT molecular complexity index is 1210. The van der Waals surface area contributed by atoms with Crippen molar-refractivity contribution in [1.29, 1.82) is 0 Å². The summed E-state index contributed by atoms with van der Waals surface area (Å²) in [7, 11) is 0. The van der Waals surface area contributed by atoms with Crippen LogP contribution in [-0.2, 0) is 14.3 Å². The van der Waals surface area contributed by atoms with Crippen molar-refractivity contribution < 1.29 is 18.8 Å². The lowest BCUT2D eigenvalue weighted by Gasteiger charge is -2.33. The number of hydrogen-bond donors (Lipinski definition) is 1. The Labute approximate surface area is 218 Å². The number of rotatable bonds is 7. The first-order valence-electron chi connectivity index (χ1n) is 11.2. The van der Waals surface area contributed by atoms with Crippen molar-refractivity contribution in [3.05, 3.63) is 53.6 Å². The number of anilines is 2. The van der Waals surface area contributed by atoms with Crippen LogP contribution >= 0.6 is 34.8 Å². The average molecular weight is 537 g/mol. The number of nitrogens with one attached hydrogen (secondary N) is 1. The molecule has 0 spiro atoms. The number of carbonyl (C=O) groups is 2. The largest absolute Gasteiger partial charge is 0.466 e. The maximum atomic E-state index is 12.1. The summed E-state index contributed by atoms with van der Waals surface area (Å²) < 4.78 is 10.8. The van der Waals surface area contributed by atoms with Gasteiger partial charge in [-0.25, -0.2) is 0 Å². The summed E-state index contributed by atoms with van der Waals surface area (Å²) in [4.78, 5) is 25.0. The van der Waals surface area contributed by atoms with E-state index in [9.17, 15) is 9.59 Å². The van der Waals surface area contributed by atoms with Crippen molar-refractivity contribution in [3.8, 4) is 22.6 Å². The molecule has 184 valence electrons. The Morgan fingerprint density at radius 2 is 1.91 bits per heavy atom. The molecule has 0 saturated carbocycles. The smallest absolute Gasteiger partial charge is 0.309 e. The van der Waals surface area contributed by atoms with Crippen LogP contribution in [0, 0.1) is 5.92 Å². The van der Waals surface area contributed by atoms with Crippen LogP contribution in [0.3, 0.4) is 0 Å². The standard InChI is InChI=1S/C25H24Cl3N3O4/c1-2-34-25(33)15-9-11-31(12-10-15)20-8-4-7-18(26)22(20)19-14-21(35-30-19)16-5-3-6-17(13-16)29-24(32)23(27)28/h3-8,13-15,23H,2,9-12H2,1H3,(H,29,32). The molecule has 0 bridgehead atoms. The van der Waals surface area contributed by atoms with Crippen LogP contribution in [0.1, 0.15) is 19.8 Å². The monoisotopic (exact) mass is 535 g/mol. The van der Waals surface area contributed by atoms with Gasteiger partial charge < -0.3 is 19.5 Å². The van der Waals surface area contributed by atoms with E-state index in [0.29, 0.717) is 60.3 Å². The van der Waals surface area contributed by atoms with Crippen LogP contribution in [-0.4, -0.2) is 41.6 Å². The summed E-state index contributed by atoms with van der Waals surface area (Å²) in [6.07, 6.45) is 1.41. The van der Waals surface area contributed by atoms with Crippen molar-refractivity contribution in [2.45, 2.75) is 24.6 Å². The zero-order valence-corrected chi connectivity index (χ0v) is 21.2. The molecular weight excluding hydrogens is 513 g/mol. The molecule has 1 N–H and O–H groups in total. The summed E-state index contributed by atoms with van der Waals surface area (Å²) in [6.45, 7) is 3.61. The fourth-order valence-corrected chi connectivity index (χ4v) is 4.50. The van der Waals surface area contributed by atoms with Gasteiger partial charge in [0.1, 0.15) is 5.69 Å². The first-order chi connectivity index (χ1) is 16.9. The molecule has 2 heterocycles. The van der Waals surface area contributed by atoms with Gasteiger partial charge in [0, 0.05) is 41.7 Å². The maximum absolute atomic E-state index is 12.1. The highest BCUT2D eigenvalue weighted by Crippen LogP contribution is 2.39. The minimum absolute atomic E-state index is 0.0897. The molecule has 1 fully saturated rings. The molecule has 0 atom stereocenters. The second-order valence-electron chi connectivity index (χ2n) is 8.09. The number of esters is 1. The number of hydrogen-bond acceptors (Lipinski definition) is 6. The highest BCUT2D eigenvalue weighted by Gasteiger charge is 2.28. The molecule has 35 heavy (non-hydrogen) atoms. The average Bonchev–Trinajstić information content (AvgIpc) is 3.34. The van der Waals surface area contributed by atoms with Gasteiger partial charge in [0.05, 0.1) is 17.5 Å². The van der Waals surface area contributed by atoms with Gasteiger partial charge in [-0.1, -0.05) is 58.2 Å². The minimum atomic E-state index is -1.17. The van der Waals surface area contributed by atoms with E-state index >= 15 is 0 Å². The van der Waals surface area contributed by atoms with Crippen LogP contribution in [0.2, 0.25) is 5.02 Å². The first kappa shape index (κ1) is 25.4. The van der Waals surface area contributed by atoms with Crippen molar-refractivity contribution in [3.63, 3.8) is 0 Å². The van der Waals surface area contributed by atoms with Crippen molar-refractivity contribution in [2.75, 3.05) is 29.9 Å². The second-order valence-corrected chi connectivity index (χ2v) is 9.60. The van der Waals surface area contributed by atoms with E-state index in [1.54, 1.807) is 18.2 Å². The first-order valence-corrected chi connectivity index (χ1v) is 12.5. The number of halogens is 3. The number of piperidine rings is 1. The number of amides is 1. The van der Waals surface area contributed by atoms with Gasteiger partial charge in [-0.3, -0.25) is 9.59 Å². The molecular formula is C25H24Cl3N3O4. The zero-order valence-electron chi connectivity index (χ0n) is 19.0. The summed E-state index contributed by atoms with van der Waals surface area (Å²) in [6, 6.07) is 14.6. The van der Waals surface area contributed by atoms with E-state index in [-0.39, 0.29) is 11.9 Å². The lowest BCUT2D eigenvalue weighted by molar-refractivity contribution is -0.148. The van der Waals surface area contributed by atoms with Crippen LogP contribution in [0.4, 0.5) is 11.4 Å². The Kier molecular flexibility index (Phi) is 8.21. The summed E-state index contributed by atoms with van der Waals surface area (Å²) in [5.41, 5.74) is 3.51. The SMILES string of the molecule is CCOC(=O)C1CCN(c2cccc(Cl)c2-c2cc(-c3cccc(NC(=O)C(Cl)Cl)c3)on2)CC1. The minimum Gasteiger partial charge on any atom is -0.466 e. The van der Waals surface area contributed by atoms with Gasteiger partial charge in [0.25, 0.3) is 5.91 Å². The van der Waals surface area contributed by atoms with E-state index in [2.05, 4.69) is 15.4 Å². The molecule has 0 unspecified atom stereocenters. The highest BCUT2D eigenvalue weighted by atomic mass is 35.5. The number of aromatic nitrogens is 1. The van der Waals surface area contributed by atoms with Gasteiger partial charge >= 0.3 is 5.97 Å². The topological polar surface area (TPSA) is 84.7 Å². The molecule has 1 aliphatic rings. The van der Waals surface area contributed by atoms with Crippen molar-refractivity contribution >= 4 is 58.1 Å². The predicted molar refractivity (Wildman–Crippen MR) is 138 cm³/mol. The van der Waals surface area contributed by atoms with Crippen molar-refractivity contribution in [2.24, 2.45) is 5.92 Å². The molecule has 1 saturated heterocycles. The Hall–Kier alpha value is -2.74. The molecule has 3 aromatic rings. The lowest BCUT2D eigenvalue weighted by Crippen LogP contribution is -2.37. The zero-order chi connectivity index (χ0) is 24.9. The fourth-order valence-electron chi connectivity index (χ4n) is 4.12. The fraction of sp³-hybridized carbons (Fsp3) is 0.320. The molecule has 1 aliphatic heterocycles. The van der Waals surface area contributed by atoms with Gasteiger partial charge in [0.2, 0.25) is 0 Å². The number of nitrogens with zero attached hydrogens (tertiary/aromatic N) is 2. The number of alkyl halides is 2. The van der Waals surface area contributed by atoms with E-state index < -0.39 is 10.7 Å². The molecule has 1 amide bonds. The third-order valence-electron chi connectivity index (χ3n) is 5.83. The van der Waals surface area contributed by atoms with Gasteiger partial charge in [-0.2, -0.15) is 0 Å². The Balaban J connectivity index is 1.57. The van der Waals surface area contributed by atoms with E-state index in [1.165, 1.54) is 0 Å². The number of ether oxygens (including phenoxy) is 1. The molecule has 10 heteroatoms. The van der Waals surface area contributed by atoms with E-state index in [1.807, 2.05) is 37.3 Å². The molecule has 4 rings (SSSR count). The third-order valence-corrected chi connectivity index (χ3v) is 6.54. The third kappa shape index (κ3) is 5.92. The normalized spacial score (nSPS) is 14.3. The number of carbonyl (C=O) groups excluding carboxylic acids is 2. The van der Waals surface area contributed by atoms with Crippen LogP contribution < -0.4 is 10.2 Å². The summed E-state index contributed by atoms with van der Waals surface area (Å²) >= 11 is 17.9. The molecule has 7 nitrogen and oxygen atoms in total. The number of benzene rings is 2. The van der Waals surface area contributed by atoms with Gasteiger partial charge in [-0.15, -0.1) is 0 Å². The maximum Gasteiger partial charge on any atom is 0.309 e. The Morgan fingerprint density at radius 1 is 1.17 bits per heavy atom. The molecule has 1 aromatic heterocycles. The summed E-state index contributed by atoms with van der Waals surface area (Å²) in [5.74, 6) is -0.230. The molecule has 0 aliphatic carbocycles. The van der Waals surface area contributed by atoms with E-state index in [0.717, 1.165) is 11.3 Å². The highest BCUT2D eigenvalue weighted by molar-refractivity contribution is 6.54. The second kappa shape index (κ2) is 11.3. The van der Waals surface area contributed by atoms with Gasteiger partial charge in [0.15, 0.2) is 10.6 Å². The van der Waals surface area contributed by atoms with Gasteiger partial charge in [-0.05, 0) is 44.0 Å².